The number of amides is 1. The molecule has 0 aliphatic heterocycles. The lowest BCUT2D eigenvalue weighted by Crippen LogP contribution is -2.30. The maximum atomic E-state index is 12.1. The Kier molecular flexibility index (Phi) is 4.93. The Morgan fingerprint density at radius 2 is 2.22 bits per heavy atom. The predicted octanol–water partition coefficient (Wildman–Crippen LogP) is 3.24. The molecule has 1 aromatic carbocycles. The van der Waals surface area contributed by atoms with Crippen LogP contribution in [0.4, 0.5) is 10.7 Å². The van der Waals surface area contributed by atoms with Crippen LogP contribution in [0.5, 0.6) is 5.75 Å². The standard InChI is InChI=1S/C15H13N3O4S/c1-9-7-12(3-4-13(9)18(20)21)22-10(2)14(19)17-15-11(8-16)5-6-23-15/h3-7,10H,1-2H3,(H,17,19)/t10-/m0/s1. The zero-order valence-electron chi connectivity index (χ0n) is 12.4. The third-order valence-electron chi connectivity index (χ3n) is 3.07. The van der Waals surface area contributed by atoms with Crippen molar-refractivity contribution in [3.63, 3.8) is 0 Å². The average molecular weight is 331 g/mol. The molecule has 8 heteroatoms. The van der Waals surface area contributed by atoms with E-state index in [9.17, 15) is 14.9 Å². The maximum absolute atomic E-state index is 12.1. The Labute approximate surface area is 136 Å². The number of nitriles is 1. The molecule has 0 fully saturated rings. The van der Waals surface area contributed by atoms with Gasteiger partial charge in [-0.05, 0) is 37.4 Å². The van der Waals surface area contributed by atoms with E-state index in [4.69, 9.17) is 10.00 Å². The number of hydrogen-bond donors (Lipinski definition) is 1. The van der Waals surface area contributed by atoms with Gasteiger partial charge < -0.3 is 10.1 Å². The molecule has 1 atom stereocenters. The van der Waals surface area contributed by atoms with Crippen LogP contribution in [-0.4, -0.2) is 16.9 Å². The fourth-order valence-electron chi connectivity index (χ4n) is 1.87. The van der Waals surface area contributed by atoms with E-state index in [-0.39, 0.29) is 5.69 Å². The van der Waals surface area contributed by atoms with Crippen molar-refractivity contribution in [3.8, 4) is 11.8 Å². The van der Waals surface area contributed by atoms with Crippen LogP contribution in [0.3, 0.4) is 0 Å². The first kappa shape index (κ1) is 16.5. The van der Waals surface area contributed by atoms with Crippen LogP contribution in [0.1, 0.15) is 18.1 Å². The quantitative estimate of drug-likeness (QED) is 0.669. The maximum Gasteiger partial charge on any atom is 0.272 e. The molecule has 23 heavy (non-hydrogen) atoms. The summed E-state index contributed by atoms with van der Waals surface area (Å²) < 4.78 is 5.50. The van der Waals surface area contributed by atoms with Gasteiger partial charge in [0.1, 0.15) is 16.8 Å². The lowest BCUT2D eigenvalue weighted by atomic mass is 10.2. The van der Waals surface area contributed by atoms with E-state index < -0.39 is 16.9 Å². The number of nitrogens with zero attached hydrogens (tertiary/aromatic N) is 2. The van der Waals surface area contributed by atoms with Gasteiger partial charge in [0.15, 0.2) is 6.10 Å². The fraction of sp³-hybridized carbons (Fsp3) is 0.200. The zero-order valence-corrected chi connectivity index (χ0v) is 13.2. The van der Waals surface area contributed by atoms with Crippen molar-refractivity contribution in [1.82, 2.24) is 0 Å². The van der Waals surface area contributed by atoms with Crippen LogP contribution >= 0.6 is 11.3 Å². The van der Waals surface area contributed by atoms with Crippen molar-refractivity contribution < 1.29 is 14.5 Å². The molecule has 1 heterocycles. The molecule has 1 amide bonds. The molecule has 0 saturated heterocycles. The number of nitrogens with one attached hydrogen (secondary N) is 1. The Balaban J connectivity index is 2.05. The summed E-state index contributed by atoms with van der Waals surface area (Å²) in [6.45, 7) is 3.16. The summed E-state index contributed by atoms with van der Waals surface area (Å²) in [5.74, 6) is -0.0395. The summed E-state index contributed by atoms with van der Waals surface area (Å²) >= 11 is 1.25. The molecule has 0 aliphatic carbocycles. The number of rotatable bonds is 5. The highest BCUT2D eigenvalue weighted by Gasteiger charge is 2.18. The van der Waals surface area contributed by atoms with Crippen LogP contribution in [0, 0.1) is 28.4 Å². The Morgan fingerprint density at radius 3 is 2.83 bits per heavy atom. The summed E-state index contributed by atoms with van der Waals surface area (Å²) in [6.07, 6.45) is -0.815. The van der Waals surface area contributed by atoms with E-state index in [1.54, 1.807) is 25.3 Å². The largest absolute Gasteiger partial charge is 0.481 e. The summed E-state index contributed by atoms with van der Waals surface area (Å²) in [5.41, 5.74) is 0.832. The number of benzene rings is 1. The first-order valence-corrected chi connectivity index (χ1v) is 7.50. The Hall–Kier alpha value is -2.92. The molecule has 0 aliphatic rings. The van der Waals surface area contributed by atoms with Crippen LogP contribution in [0.25, 0.3) is 0 Å². The van der Waals surface area contributed by atoms with Crippen molar-refractivity contribution in [2.45, 2.75) is 20.0 Å². The van der Waals surface area contributed by atoms with Crippen LogP contribution in [0.15, 0.2) is 29.6 Å². The van der Waals surface area contributed by atoms with Gasteiger partial charge in [-0.15, -0.1) is 11.3 Å². The highest BCUT2D eigenvalue weighted by Crippen LogP contribution is 2.25. The number of ether oxygens (including phenoxy) is 1. The van der Waals surface area contributed by atoms with Gasteiger partial charge in [-0.2, -0.15) is 5.26 Å². The molecule has 0 bridgehead atoms. The number of carbonyl (C=O) groups is 1. The zero-order chi connectivity index (χ0) is 17.0. The predicted molar refractivity (Wildman–Crippen MR) is 85.6 cm³/mol. The van der Waals surface area contributed by atoms with Crippen molar-refractivity contribution in [2.24, 2.45) is 0 Å². The number of nitro benzene ring substituents is 1. The van der Waals surface area contributed by atoms with Gasteiger partial charge in [-0.3, -0.25) is 14.9 Å². The molecule has 2 rings (SSSR count). The SMILES string of the molecule is Cc1cc(O[C@@H](C)C(=O)Nc2sccc2C#N)ccc1[N+](=O)[O-]. The fourth-order valence-corrected chi connectivity index (χ4v) is 2.61. The summed E-state index contributed by atoms with van der Waals surface area (Å²) in [6, 6.07) is 7.89. The van der Waals surface area contributed by atoms with Gasteiger partial charge in [0.05, 0.1) is 10.5 Å². The van der Waals surface area contributed by atoms with E-state index in [1.807, 2.05) is 6.07 Å². The summed E-state index contributed by atoms with van der Waals surface area (Å²) in [5, 5.41) is 24.5. The second-order valence-corrected chi connectivity index (χ2v) is 5.65. The van der Waals surface area contributed by atoms with Crippen molar-refractivity contribution in [3.05, 3.63) is 50.9 Å². The first-order valence-electron chi connectivity index (χ1n) is 6.62. The number of carbonyl (C=O) groups excluding carboxylic acids is 1. The minimum Gasteiger partial charge on any atom is -0.481 e. The normalized spacial score (nSPS) is 11.3. The van der Waals surface area contributed by atoms with Crippen LogP contribution < -0.4 is 10.1 Å². The molecule has 0 radical (unpaired) electrons. The highest BCUT2D eigenvalue weighted by molar-refractivity contribution is 7.14. The minimum atomic E-state index is -0.815. The van der Waals surface area contributed by atoms with Gasteiger partial charge >= 0.3 is 0 Å². The number of thiophene rings is 1. The molecule has 0 spiro atoms. The number of aryl methyl sites for hydroxylation is 1. The molecule has 1 N–H and O–H groups in total. The third kappa shape index (κ3) is 3.84. The van der Waals surface area contributed by atoms with Crippen molar-refractivity contribution in [2.75, 3.05) is 5.32 Å². The number of anilines is 1. The van der Waals surface area contributed by atoms with Gasteiger partial charge in [0, 0.05) is 11.6 Å². The first-order chi connectivity index (χ1) is 10.9. The van der Waals surface area contributed by atoms with E-state index in [2.05, 4.69) is 5.32 Å². The molecule has 7 nitrogen and oxygen atoms in total. The second kappa shape index (κ2) is 6.89. The molecular formula is C15H13N3O4S. The molecule has 118 valence electrons. The van der Waals surface area contributed by atoms with Gasteiger partial charge in [0.25, 0.3) is 11.6 Å². The van der Waals surface area contributed by atoms with Crippen LogP contribution in [0.2, 0.25) is 0 Å². The Morgan fingerprint density at radius 1 is 1.48 bits per heavy atom. The van der Waals surface area contributed by atoms with Crippen LogP contribution in [-0.2, 0) is 4.79 Å². The van der Waals surface area contributed by atoms with Crippen molar-refractivity contribution in [1.29, 1.82) is 5.26 Å². The lowest BCUT2D eigenvalue weighted by molar-refractivity contribution is -0.385. The monoisotopic (exact) mass is 331 g/mol. The molecule has 2 aromatic rings. The average Bonchev–Trinajstić information content (AvgIpc) is 2.94. The topological polar surface area (TPSA) is 105 Å². The smallest absolute Gasteiger partial charge is 0.272 e. The second-order valence-electron chi connectivity index (χ2n) is 4.73. The van der Waals surface area contributed by atoms with Crippen molar-refractivity contribution >= 4 is 27.9 Å². The number of hydrogen-bond acceptors (Lipinski definition) is 6. The number of nitro groups is 1. The van der Waals surface area contributed by atoms with E-state index in [1.165, 1.54) is 29.5 Å². The molecule has 0 unspecified atom stereocenters. The Bertz CT molecular complexity index is 794. The third-order valence-corrected chi connectivity index (χ3v) is 3.90. The van der Waals surface area contributed by atoms with Gasteiger partial charge in [-0.25, -0.2) is 0 Å². The summed E-state index contributed by atoms with van der Waals surface area (Å²) in [7, 11) is 0. The van der Waals surface area contributed by atoms with Gasteiger partial charge in [0.2, 0.25) is 0 Å². The molecule has 1 aromatic heterocycles. The van der Waals surface area contributed by atoms with E-state index >= 15 is 0 Å². The minimum absolute atomic E-state index is 0.00768. The molecule has 0 saturated carbocycles. The molecular weight excluding hydrogens is 318 g/mol. The van der Waals surface area contributed by atoms with Gasteiger partial charge in [-0.1, -0.05) is 0 Å². The van der Waals surface area contributed by atoms with E-state index in [0.717, 1.165) is 0 Å². The summed E-state index contributed by atoms with van der Waals surface area (Å²) in [4.78, 5) is 22.4. The van der Waals surface area contributed by atoms with E-state index in [0.29, 0.717) is 21.9 Å². The lowest BCUT2D eigenvalue weighted by Gasteiger charge is -2.14. The highest BCUT2D eigenvalue weighted by atomic mass is 32.1.